The van der Waals surface area contributed by atoms with Gasteiger partial charge in [-0.3, -0.25) is 4.79 Å². The molecule has 3 N–H and O–H groups in total. The van der Waals surface area contributed by atoms with Crippen molar-refractivity contribution in [3.8, 4) is 5.75 Å². The van der Waals surface area contributed by atoms with Crippen molar-refractivity contribution in [1.29, 1.82) is 0 Å². The number of benzene rings is 1. The number of hydrogen-bond donors (Lipinski definition) is 2. The topological polar surface area (TPSA) is 64.4 Å². The number of carbonyl (C=O) groups excluding carboxylic acids is 1. The minimum atomic E-state index is -0.617. The van der Waals surface area contributed by atoms with Gasteiger partial charge in [-0.1, -0.05) is 0 Å². The van der Waals surface area contributed by atoms with Crippen molar-refractivity contribution in [3.05, 3.63) is 30.1 Å². The van der Waals surface area contributed by atoms with E-state index in [1.165, 1.54) is 19.1 Å². The van der Waals surface area contributed by atoms with Crippen molar-refractivity contribution < 1.29 is 13.9 Å². The van der Waals surface area contributed by atoms with Crippen molar-refractivity contribution in [3.63, 3.8) is 0 Å². The van der Waals surface area contributed by atoms with E-state index in [0.29, 0.717) is 18.6 Å². The van der Waals surface area contributed by atoms with Gasteiger partial charge in [-0.15, -0.1) is 0 Å². The molecular weight excluding hydrogens is 247 g/mol. The lowest BCUT2D eigenvalue weighted by molar-refractivity contribution is -0.121. The van der Waals surface area contributed by atoms with Crippen LogP contribution in [0.4, 0.5) is 4.39 Å². The molecule has 5 heteroatoms. The Kier molecular flexibility index (Phi) is 4.04. The summed E-state index contributed by atoms with van der Waals surface area (Å²) in [6.07, 6.45) is 2.97. The monoisotopic (exact) mass is 266 g/mol. The lowest BCUT2D eigenvalue weighted by Gasteiger charge is -2.37. The molecule has 104 valence electrons. The Morgan fingerprint density at radius 2 is 1.95 bits per heavy atom. The van der Waals surface area contributed by atoms with Crippen LogP contribution < -0.4 is 15.8 Å². The molecule has 0 heterocycles. The number of halogens is 1. The Hall–Kier alpha value is -1.62. The first-order valence-electron chi connectivity index (χ1n) is 6.47. The van der Waals surface area contributed by atoms with E-state index in [1.54, 1.807) is 12.1 Å². The summed E-state index contributed by atoms with van der Waals surface area (Å²) in [5.41, 5.74) is 5.48. The summed E-state index contributed by atoms with van der Waals surface area (Å²) >= 11 is 0. The molecule has 0 aliphatic heterocycles. The molecule has 1 amide bonds. The van der Waals surface area contributed by atoms with E-state index in [-0.39, 0.29) is 17.8 Å². The van der Waals surface area contributed by atoms with Gasteiger partial charge in [0.25, 0.3) is 0 Å². The van der Waals surface area contributed by atoms with Crippen LogP contribution >= 0.6 is 0 Å². The first-order valence-corrected chi connectivity index (χ1v) is 6.47. The first kappa shape index (κ1) is 13.8. The van der Waals surface area contributed by atoms with Crippen LogP contribution in [0.5, 0.6) is 5.75 Å². The fraction of sp³-hybridized carbons (Fsp3) is 0.500. The van der Waals surface area contributed by atoms with Gasteiger partial charge in [0, 0.05) is 6.92 Å². The molecule has 1 aromatic carbocycles. The van der Waals surface area contributed by atoms with Gasteiger partial charge >= 0.3 is 0 Å². The number of nitrogens with two attached hydrogens (primary N) is 1. The molecule has 0 spiro atoms. The number of nitrogens with one attached hydrogen (secondary N) is 1. The third-order valence-electron chi connectivity index (χ3n) is 3.37. The second-order valence-electron chi connectivity index (χ2n) is 5.11. The molecule has 19 heavy (non-hydrogen) atoms. The highest BCUT2D eigenvalue weighted by atomic mass is 19.1. The van der Waals surface area contributed by atoms with Crippen molar-refractivity contribution in [2.75, 3.05) is 0 Å². The molecule has 0 unspecified atom stereocenters. The summed E-state index contributed by atoms with van der Waals surface area (Å²) < 4.78 is 18.5. The normalized spacial score (nSPS) is 26.8. The van der Waals surface area contributed by atoms with Crippen molar-refractivity contribution >= 4 is 5.91 Å². The average Bonchev–Trinajstić information content (AvgIpc) is 2.34. The van der Waals surface area contributed by atoms with Crippen molar-refractivity contribution in [2.45, 2.75) is 44.4 Å². The van der Waals surface area contributed by atoms with Crippen LogP contribution in [-0.4, -0.2) is 17.7 Å². The van der Waals surface area contributed by atoms with Crippen LogP contribution in [0, 0.1) is 5.82 Å². The molecule has 0 saturated heterocycles. The van der Waals surface area contributed by atoms with Gasteiger partial charge in [-0.2, -0.15) is 0 Å². The fourth-order valence-electron chi connectivity index (χ4n) is 2.41. The zero-order valence-corrected chi connectivity index (χ0v) is 11.0. The maximum Gasteiger partial charge on any atom is 0.218 e. The van der Waals surface area contributed by atoms with Crippen LogP contribution in [0.25, 0.3) is 0 Å². The highest BCUT2D eigenvalue weighted by molar-refractivity contribution is 5.73. The fourth-order valence-corrected chi connectivity index (χ4v) is 2.41. The summed E-state index contributed by atoms with van der Waals surface area (Å²) in [5, 5.41) is 2.78. The quantitative estimate of drug-likeness (QED) is 0.822. The molecular formula is C14H19FN2O2. The smallest absolute Gasteiger partial charge is 0.218 e. The Labute approximate surface area is 112 Å². The Bertz CT molecular complexity index is 439. The minimum Gasteiger partial charge on any atom is -0.490 e. The largest absolute Gasteiger partial charge is 0.490 e. The number of ether oxygens (including phenoxy) is 1. The van der Waals surface area contributed by atoms with Crippen LogP contribution in [0.15, 0.2) is 24.3 Å². The molecule has 0 aromatic heterocycles. The summed E-state index contributed by atoms with van der Waals surface area (Å²) in [5.74, 6) is 0.276. The van der Waals surface area contributed by atoms with E-state index in [1.807, 2.05) is 0 Å². The highest BCUT2D eigenvalue weighted by Gasteiger charge is 2.33. The number of carbonyl (C=O) groups is 1. The number of hydrogen-bond acceptors (Lipinski definition) is 3. The molecule has 0 bridgehead atoms. The standard InChI is InChI=1S/C14H19FN2O2/c1-10(18)17-14(16)8-6-13(7-9-14)19-12-4-2-11(15)3-5-12/h2-5,13H,6-9,16H2,1H3,(H,17,18). The van der Waals surface area contributed by atoms with E-state index < -0.39 is 5.66 Å². The maximum absolute atomic E-state index is 12.8. The second kappa shape index (κ2) is 5.57. The maximum atomic E-state index is 12.8. The molecule has 1 aromatic rings. The first-order chi connectivity index (χ1) is 8.97. The summed E-state index contributed by atoms with van der Waals surface area (Å²) in [6, 6.07) is 5.99. The second-order valence-corrected chi connectivity index (χ2v) is 5.11. The van der Waals surface area contributed by atoms with E-state index in [9.17, 15) is 9.18 Å². The van der Waals surface area contributed by atoms with Crippen LogP contribution in [0.3, 0.4) is 0 Å². The molecule has 2 rings (SSSR count). The number of amides is 1. The van der Waals surface area contributed by atoms with Crippen molar-refractivity contribution in [1.82, 2.24) is 5.32 Å². The Morgan fingerprint density at radius 1 is 1.37 bits per heavy atom. The van der Waals surface area contributed by atoms with Gasteiger partial charge in [0.1, 0.15) is 11.6 Å². The van der Waals surface area contributed by atoms with Crippen LogP contribution in [0.2, 0.25) is 0 Å². The number of rotatable bonds is 3. The van der Waals surface area contributed by atoms with Gasteiger partial charge < -0.3 is 15.8 Å². The molecule has 1 aliphatic rings. The molecule has 0 atom stereocenters. The summed E-state index contributed by atoms with van der Waals surface area (Å²) in [4.78, 5) is 11.1. The SMILES string of the molecule is CC(=O)NC1(N)CCC(Oc2ccc(F)cc2)CC1. The minimum absolute atomic E-state index is 0.0656. The average molecular weight is 266 g/mol. The predicted molar refractivity (Wildman–Crippen MR) is 70.0 cm³/mol. The van der Waals surface area contributed by atoms with Crippen molar-refractivity contribution in [2.24, 2.45) is 5.73 Å². The molecule has 1 saturated carbocycles. The van der Waals surface area contributed by atoms with Crippen LogP contribution in [0.1, 0.15) is 32.6 Å². The van der Waals surface area contributed by atoms with Gasteiger partial charge in [-0.25, -0.2) is 4.39 Å². The van der Waals surface area contributed by atoms with Gasteiger partial charge in [0.15, 0.2) is 0 Å². The zero-order valence-electron chi connectivity index (χ0n) is 11.0. The van der Waals surface area contributed by atoms with Gasteiger partial charge in [0.2, 0.25) is 5.91 Å². The van der Waals surface area contributed by atoms with E-state index in [2.05, 4.69) is 5.32 Å². The molecule has 1 fully saturated rings. The third-order valence-corrected chi connectivity index (χ3v) is 3.37. The lowest BCUT2D eigenvalue weighted by atomic mass is 9.87. The molecule has 1 aliphatic carbocycles. The van der Waals surface area contributed by atoms with E-state index >= 15 is 0 Å². The summed E-state index contributed by atoms with van der Waals surface area (Å²) in [7, 11) is 0. The van der Waals surface area contributed by atoms with E-state index in [0.717, 1.165) is 12.8 Å². The predicted octanol–water partition coefficient (Wildman–Crippen LogP) is 1.94. The van der Waals surface area contributed by atoms with Crippen LogP contribution in [-0.2, 0) is 4.79 Å². The summed E-state index contributed by atoms with van der Waals surface area (Å²) in [6.45, 7) is 1.47. The van der Waals surface area contributed by atoms with E-state index in [4.69, 9.17) is 10.5 Å². The Balaban J connectivity index is 1.86. The zero-order chi connectivity index (χ0) is 13.9. The highest BCUT2D eigenvalue weighted by Crippen LogP contribution is 2.27. The lowest BCUT2D eigenvalue weighted by Crippen LogP contribution is -2.57. The van der Waals surface area contributed by atoms with Gasteiger partial charge in [0.05, 0.1) is 11.8 Å². The Morgan fingerprint density at radius 3 is 2.47 bits per heavy atom. The van der Waals surface area contributed by atoms with Gasteiger partial charge in [-0.05, 0) is 49.9 Å². The third kappa shape index (κ3) is 3.92. The molecule has 0 radical (unpaired) electrons. The molecule has 4 nitrogen and oxygen atoms in total.